The number of hydrogen-bond acceptors (Lipinski definition) is 4. The van der Waals surface area contributed by atoms with Gasteiger partial charge in [0, 0.05) is 22.9 Å². The zero-order valence-corrected chi connectivity index (χ0v) is 14.4. The number of nitrogens with zero attached hydrogens (tertiary/aromatic N) is 2. The Labute approximate surface area is 148 Å². The van der Waals surface area contributed by atoms with Gasteiger partial charge in [-0.3, -0.25) is 0 Å². The maximum Gasteiger partial charge on any atom is 0.224 e. The lowest BCUT2D eigenvalue weighted by Crippen LogP contribution is -2.09. The molecule has 2 N–H and O–H groups in total. The van der Waals surface area contributed by atoms with E-state index in [-0.39, 0.29) is 5.82 Å². The Morgan fingerprint density at radius 2 is 1.79 bits per heavy atom. The van der Waals surface area contributed by atoms with Crippen LogP contribution in [0.1, 0.15) is 5.56 Å². The molecule has 0 fully saturated rings. The summed E-state index contributed by atoms with van der Waals surface area (Å²) >= 11 is 3.41. The van der Waals surface area contributed by atoms with Crippen LogP contribution in [-0.4, -0.2) is 16.5 Å². The van der Waals surface area contributed by atoms with Crippen LogP contribution in [0.4, 0.5) is 21.8 Å². The molecule has 1 aromatic heterocycles. The highest BCUT2D eigenvalue weighted by atomic mass is 79.9. The standard InChI is InChI=1S/C18H16BrFN4/c19-14-5-7-15(8-6-14)23-17-10-12-22-18(24-17)21-11-9-13-3-1-2-4-16(13)20/h1-8,10,12H,9,11H2,(H2,21,22,23,24). The van der Waals surface area contributed by atoms with Crippen LogP contribution >= 0.6 is 15.9 Å². The van der Waals surface area contributed by atoms with Gasteiger partial charge in [-0.25, -0.2) is 9.37 Å². The van der Waals surface area contributed by atoms with Crippen molar-refractivity contribution >= 4 is 33.4 Å². The molecule has 0 unspecified atom stereocenters. The van der Waals surface area contributed by atoms with Crippen molar-refractivity contribution in [2.75, 3.05) is 17.2 Å². The van der Waals surface area contributed by atoms with E-state index in [1.54, 1.807) is 24.4 Å². The molecule has 0 aliphatic heterocycles. The quantitative estimate of drug-likeness (QED) is 0.640. The second-order valence-electron chi connectivity index (χ2n) is 5.17. The maximum atomic E-state index is 13.6. The van der Waals surface area contributed by atoms with Gasteiger partial charge in [0.15, 0.2) is 0 Å². The molecule has 1 heterocycles. The van der Waals surface area contributed by atoms with Crippen LogP contribution in [0.3, 0.4) is 0 Å². The third kappa shape index (κ3) is 4.52. The molecule has 3 aromatic rings. The maximum absolute atomic E-state index is 13.6. The summed E-state index contributed by atoms with van der Waals surface area (Å²) in [6.45, 7) is 0.558. The molecule has 3 rings (SSSR count). The molecule has 0 bridgehead atoms. The minimum absolute atomic E-state index is 0.189. The summed E-state index contributed by atoms with van der Waals surface area (Å²) in [6, 6.07) is 16.4. The van der Waals surface area contributed by atoms with Gasteiger partial charge in [-0.1, -0.05) is 34.1 Å². The van der Waals surface area contributed by atoms with Gasteiger partial charge < -0.3 is 10.6 Å². The molecule has 0 aliphatic carbocycles. The lowest BCUT2D eigenvalue weighted by Gasteiger charge is -2.09. The van der Waals surface area contributed by atoms with Gasteiger partial charge in [0.25, 0.3) is 0 Å². The van der Waals surface area contributed by atoms with E-state index in [9.17, 15) is 4.39 Å². The van der Waals surface area contributed by atoms with Gasteiger partial charge in [0.1, 0.15) is 11.6 Å². The third-order valence-electron chi connectivity index (χ3n) is 3.41. The average Bonchev–Trinajstić information content (AvgIpc) is 2.59. The predicted molar refractivity (Wildman–Crippen MR) is 98.1 cm³/mol. The van der Waals surface area contributed by atoms with Crippen LogP contribution in [0.15, 0.2) is 65.3 Å². The fraction of sp³-hybridized carbons (Fsp3) is 0.111. The minimum Gasteiger partial charge on any atom is -0.354 e. The van der Waals surface area contributed by atoms with Crippen molar-refractivity contribution in [2.24, 2.45) is 0 Å². The lowest BCUT2D eigenvalue weighted by atomic mass is 10.1. The molecule has 0 amide bonds. The molecule has 0 radical (unpaired) electrons. The van der Waals surface area contributed by atoms with E-state index in [1.165, 1.54) is 6.07 Å². The summed E-state index contributed by atoms with van der Waals surface area (Å²) in [6.07, 6.45) is 2.25. The molecule has 0 aliphatic rings. The van der Waals surface area contributed by atoms with Crippen LogP contribution < -0.4 is 10.6 Å². The fourth-order valence-corrected chi connectivity index (χ4v) is 2.47. The summed E-state index contributed by atoms with van der Waals surface area (Å²) in [5, 5.41) is 6.34. The molecule has 6 heteroatoms. The first-order chi connectivity index (χ1) is 11.7. The summed E-state index contributed by atoms with van der Waals surface area (Å²) < 4.78 is 14.6. The second-order valence-corrected chi connectivity index (χ2v) is 6.08. The Bertz CT molecular complexity index is 808. The summed E-state index contributed by atoms with van der Waals surface area (Å²) in [4.78, 5) is 8.59. The van der Waals surface area contributed by atoms with E-state index in [1.807, 2.05) is 30.3 Å². The van der Waals surface area contributed by atoms with Crippen molar-refractivity contribution in [2.45, 2.75) is 6.42 Å². The Hall–Kier alpha value is -2.47. The lowest BCUT2D eigenvalue weighted by molar-refractivity contribution is 0.610. The fourth-order valence-electron chi connectivity index (χ4n) is 2.20. The number of hydrogen-bond donors (Lipinski definition) is 2. The molecule has 122 valence electrons. The SMILES string of the molecule is Fc1ccccc1CCNc1nccc(Nc2ccc(Br)cc2)n1. The largest absolute Gasteiger partial charge is 0.354 e. The molecule has 0 atom stereocenters. The monoisotopic (exact) mass is 386 g/mol. The highest BCUT2D eigenvalue weighted by molar-refractivity contribution is 9.10. The van der Waals surface area contributed by atoms with E-state index >= 15 is 0 Å². The Kier molecular flexibility index (Phi) is 5.38. The number of nitrogens with one attached hydrogen (secondary N) is 2. The van der Waals surface area contributed by atoms with E-state index in [2.05, 4.69) is 36.5 Å². The Balaban J connectivity index is 1.59. The van der Waals surface area contributed by atoms with Crippen LogP contribution in [0.2, 0.25) is 0 Å². The van der Waals surface area contributed by atoms with Crippen molar-refractivity contribution in [1.29, 1.82) is 0 Å². The molecule has 4 nitrogen and oxygen atoms in total. The predicted octanol–water partition coefficient (Wildman–Crippen LogP) is 4.78. The molecule has 2 aromatic carbocycles. The molecule has 0 spiro atoms. The molecule has 0 saturated carbocycles. The van der Waals surface area contributed by atoms with Gasteiger partial charge in [-0.2, -0.15) is 4.98 Å². The normalized spacial score (nSPS) is 10.4. The summed E-state index contributed by atoms with van der Waals surface area (Å²) in [5.41, 5.74) is 1.61. The molecular weight excluding hydrogens is 371 g/mol. The highest BCUT2D eigenvalue weighted by Gasteiger charge is 2.03. The van der Waals surface area contributed by atoms with Crippen LogP contribution in [-0.2, 0) is 6.42 Å². The van der Waals surface area contributed by atoms with Crippen molar-refractivity contribution in [1.82, 2.24) is 9.97 Å². The van der Waals surface area contributed by atoms with Gasteiger partial charge in [0.2, 0.25) is 5.95 Å². The number of anilines is 3. The van der Waals surface area contributed by atoms with Crippen molar-refractivity contribution in [3.8, 4) is 0 Å². The van der Waals surface area contributed by atoms with E-state index in [0.29, 0.717) is 30.3 Å². The van der Waals surface area contributed by atoms with Gasteiger partial charge in [-0.15, -0.1) is 0 Å². The van der Waals surface area contributed by atoms with Crippen LogP contribution in [0.5, 0.6) is 0 Å². The zero-order chi connectivity index (χ0) is 16.8. The molecular formula is C18H16BrFN4. The first-order valence-corrected chi connectivity index (χ1v) is 8.33. The van der Waals surface area contributed by atoms with Gasteiger partial charge >= 0.3 is 0 Å². The summed E-state index contributed by atoms with van der Waals surface area (Å²) in [7, 11) is 0. The van der Waals surface area contributed by atoms with Crippen molar-refractivity contribution in [3.05, 3.63) is 76.6 Å². The highest BCUT2D eigenvalue weighted by Crippen LogP contribution is 2.18. The van der Waals surface area contributed by atoms with Crippen LogP contribution in [0.25, 0.3) is 0 Å². The minimum atomic E-state index is -0.189. The molecule has 24 heavy (non-hydrogen) atoms. The smallest absolute Gasteiger partial charge is 0.224 e. The Morgan fingerprint density at radius 1 is 1.00 bits per heavy atom. The molecule has 0 saturated heterocycles. The van der Waals surface area contributed by atoms with Crippen molar-refractivity contribution < 1.29 is 4.39 Å². The van der Waals surface area contributed by atoms with Crippen molar-refractivity contribution in [3.63, 3.8) is 0 Å². The zero-order valence-electron chi connectivity index (χ0n) is 12.8. The van der Waals surface area contributed by atoms with Crippen LogP contribution in [0, 0.1) is 5.82 Å². The average molecular weight is 387 g/mol. The van der Waals surface area contributed by atoms with Gasteiger partial charge in [-0.05, 0) is 48.4 Å². The second kappa shape index (κ2) is 7.88. The van der Waals surface area contributed by atoms with E-state index in [0.717, 1.165) is 10.2 Å². The van der Waals surface area contributed by atoms with E-state index in [4.69, 9.17) is 0 Å². The van der Waals surface area contributed by atoms with E-state index < -0.39 is 0 Å². The van der Waals surface area contributed by atoms with Gasteiger partial charge in [0.05, 0.1) is 0 Å². The number of aromatic nitrogens is 2. The number of benzene rings is 2. The first-order valence-electron chi connectivity index (χ1n) is 7.53. The Morgan fingerprint density at radius 3 is 2.58 bits per heavy atom. The summed E-state index contributed by atoms with van der Waals surface area (Å²) in [5.74, 6) is 1.01. The number of rotatable bonds is 6. The topological polar surface area (TPSA) is 49.8 Å². The third-order valence-corrected chi connectivity index (χ3v) is 3.94. The first kappa shape index (κ1) is 16.4. The number of halogens is 2.